The summed E-state index contributed by atoms with van der Waals surface area (Å²) in [5.74, 6) is -0.787. The van der Waals surface area contributed by atoms with Crippen LogP contribution in [0, 0.1) is 10.8 Å². The van der Waals surface area contributed by atoms with Gasteiger partial charge in [0.15, 0.2) is 5.78 Å². The van der Waals surface area contributed by atoms with Gasteiger partial charge in [-0.3, -0.25) is 9.59 Å². The van der Waals surface area contributed by atoms with Crippen LogP contribution < -0.4 is 0 Å². The van der Waals surface area contributed by atoms with E-state index in [0.29, 0.717) is 30.7 Å². The monoisotopic (exact) mass is 354 g/mol. The molecule has 1 aromatic carbocycles. The first-order valence-corrected chi connectivity index (χ1v) is 8.60. The SMILES string of the molecule is CCCC(CCc1ccc(Cl)cc1)(C(=O)OC)C(=O)C(C)(C)CO. The predicted octanol–water partition coefficient (Wildman–Crippen LogP) is 3.82. The highest BCUT2D eigenvalue weighted by Crippen LogP contribution is 2.39. The van der Waals surface area contributed by atoms with Gasteiger partial charge in [-0.15, -0.1) is 0 Å². The lowest BCUT2D eigenvalue weighted by atomic mass is 9.66. The molecule has 1 N–H and O–H groups in total. The van der Waals surface area contributed by atoms with Crippen molar-refractivity contribution in [3.8, 4) is 0 Å². The zero-order chi connectivity index (χ0) is 18.4. The molecule has 0 heterocycles. The van der Waals surface area contributed by atoms with Crippen molar-refractivity contribution in [2.45, 2.75) is 46.5 Å². The first-order chi connectivity index (χ1) is 11.2. The molecule has 134 valence electrons. The van der Waals surface area contributed by atoms with Gasteiger partial charge in [0.25, 0.3) is 0 Å². The molecule has 1 unspecified atom stereocenters. The van der Waals surface area contributed by atoms with Crippen LogP contribution in [0.4, 0.5) is 0 Å². The normalized spacial score (nSPS) is 14.1. The minimum Gasteiger partial charge on any atom is -0.468 e. The van der Waals surface area contributed by atoms with Crippen LogP contribution in [0.2, 0.25) is 5.02 Å². The fourth-order valence-corrected chi connectivity index (χ4v) is 3.13. The van der Waals surface area contributed by atoms with Crippen molar-refractivity contribution >= 4 is 23.4 Å². The van der Waals surface area contributed by atoms with Crippen molar-refractivity contribution in [3.63, 3.8) is 0 Å². The first kappa shape index (κ1) is 20.7. The number of aliphatic hydroxyl groups excluding tert-OH is 1. The molecule has 0 amide bonds. The maximum Gasteiger partial charge on any atom is 0.319 e. The summed E-state index contributed by atoms with van der Waals surface area (Å²) in [4.78, 5) is 25.7. The van der Waals surface area contributed by atoms with E-state index >= 15 is 0 Å². The van der Waals surface area contributed by atoms with E-state index in [2.05, 4.69) is 0 Å². The van der Waals surface area contributed by atoms with Gasteiger partial charge in [0.1, 0.15) is 5.41 Å². The number of hydrogen-bond donors (Lipinski definition) is 1. The molecule has 1 rings (SSSR count). The molecule has 0 spiro atoms. The van der Waals surface area contributed by atoms with Gasteiger partial charge < -0.3 is 9.84 Å². The summed E-state index contributed by atoms with van der Waals surface area (Å²) in [6.07, 6.45) is 1.97. The Morgan fingerprint density at radius 1 is 1.17 bits per heavy atom. The number of aliphatic hydroxyl groups is 1. The molecule has 1 aromatic rings. The molecule has 1 atom stereocenters. The van der Waals surface area contributed by atoms with Gasteiger partial charge in [-0.2, -0.15) is 0 Å². The Morgan fingerprint density at radius 2 is 1.75 bits per heavy atom. The summed E-state index contributed by atoms with van der Waals surface area (Å²) in [7, 11) is 1.30. The molecular formula is C19H27ClO4. The minimum atomic E-state index is -1.24. The Morgan fingerprint density at radius 3 is 2.21 bits per heavy atom. The Labute approximate surface area is 149 Å². The third kappa shape index (κ3) is 4.58. The van der Waals surface area contributed by atoms with Gasteiger partial charge in [0.05, 0.1) is 13.7 Å². The maximum atomic E-state index is 13.1. The van der Waals surface area contributed by atoms with E-state index in [1.54, 1.807) is 26.0 Å². The average Bonchev–Trinajstić information content (AvgIpc) is 2.58. The number of esters is 1. The van der Waals surface area contributed by atoms with Gasteiger partial charge in [-0.05, 0) is 37.0 Å². The largest absolute Gasteiger partial charge is 0.468 e. The van der Waals surface area contributed by atoms with Gasteiger partial charge in [-0.1, -0.05) is 50.9 Å². The molecule has 0 aliphatic heterocycles. The standard InChI is InChI=1S/C19H27ClO4/c1-5-11-19(17(23)24-4,16(22)18(2,3)13-21)12-10-14-6-8-15(20)9-7-14/h6-9,21H,5,10-13H2,1-4H3. The number of carbonyl (C=O) groups excluding carboxylic acids is 2. The first-order valence-electron chi connectivity index (χ1n) is 8.22. The number of halogens is 1. The van der Waals surface area contributed by atoms with E-state index in [4.69, 9.17) is 16.3 Å². The molecule has 24 heavy (non-hydrogen) atoms. The molecule has 0 fully saturated rings. The molecular weight excluding hydrogens is 328 g/mol. The van der Waals surface area contributed by atoms with Crippen LogP contribution in [0.15, 0.2) is 24.3 Å². The molecule has 4 nitrogen and oxygen atoms in total. The third-order valence-corrected chi connectivity index (χ3v) is 4.70. The van der Waals surface area contributed by atoms with E-state index in [1.807, 2.05) is 19.1 Å². The average molecular weight is 355 g/mol. The second-order valence-electron chi connectivity index (χ2n) is 6.82. The summed E-state index contributed by atoms with van der Waals surface area (Å²) in [5.41, 5.74) is -1.24. The summed E-state index contributed by atoms with van der Waals surface area (Å²) < 4.78 is 4.97. The van der Waals surface area contributed by atoms with Crippen molar-refractivity contribution in [2.75, 3.05) is 13.7 Å². The van der Waals surface area contributed by atoms with Gasteiger partial charge in [-0.25, -0.2) is 0 Å². The molecule has 0 radical (unpaired) electrons. The number of ketones is 1. The Hall–Kier alpha value is -1.39. The van der Waals surface area contributed by atoms with Crippen LogP contribution in [0.5, 0.6) is 0 Å². The lowest BCUT2D eigenvalue weighted by molar-refractivity contribution is -0.163. The van der Waals surface area contributed by atoms with Crippen LogP contribution in [0.1, 0.15) is 45.6 Å². The van der Waals surface area contributed by atoms with Crippen molar-refractivity contribution < 1.29 is 19.4 Å². The third-order valence-electron chi connectivity index (χ3n) is 4.45. The number of carbonyl (C=O) groups is 2. The Bertz CT molecular complexity index is 565. The highest BCUT2D eigenvalue weighted by molar-refractivity contribution is 6.30. The van der Waals surface area contributed by atoms with Gasteiger partial charge in [0.2, 0.25) is 0 Å². The summed E-state index contributed by atoms with van der Waals surface area (Å²) in [5, 5.41) is 10.2. The molecule has 0 aromatic heterocycles. The van der Waals surface area contributed by atoms with Crippen LogP contribution in [-0.2, 0) is 20.7 Å². The van der Waals surface area contributed by atoms with Gasteiger partial charge >= 0.3 is 5.97 Å². The van der Waals surface area contributed by atoms with Crippen molar-refractivity contribution in [1.29, 1.82) is 0 Å². The van der Waals surface area contributed by atoms with Crippen LogP contribution in [0.25, 0.3) is 0 Å². The van der Waals surface area contributed by atoms with Crippen LogP contribution in [0.3, 0.4) is 0 Å². The van der Waals surface area contributed by atoms with E-state index < -0.39 is 16.8 Å². The summed E-state index contributed by atoms with van der Waals surface area (Å²) >= 11 is 5.90. The number of methoxy groups -OCH3 is 1. The van der Waals surface area contributed by atoms with Crippen LogP contribution >= 0.6 is 11.6 Å². The number of hydrogen-bond acceptors (Lipinski definition) is 4. The molecule has 0 bridgehead atoms. The number of Topliss-reactive ketones (excluding diaryl/α,β-unsaturated/α-hetero) is 1. The van der Waals surface area contributed by atoms with E-state index in [9.17, 15) is 14.7 Å². The highest BCUT2D eigenvalue weighted by atomic mass is 35.5. The second kappa shape index (κ2) is 8.63. The van der Waals surface area contributed by atoms with E-state index in [1.165, 1.54) is 7.11 Å². The number of ether oxygens (including phenoxy) is 1. The smallest absolute Gasteiger partial charge is 0.319 e. The highest BCUT2D eigenvalue weighted by Gasteiger charge is 2.50. The predicted molar refractivity (Wildman–Crippen MR) is 95.0 cm³/mol. The van der Waals surface area contributed by atoms with Crippen LogP contribution in [-0.4, -0.2) is 30.6 Å². The number of aryl methyl sites for hydroxylation is 1. The summed E-state index contributed by atoms with van der Waals surface area (Å²) in [6, 6.07) is 7.35. The summed E-state index contributed by atoms with van der Waals surface area (Å²) in [6.45, 7) is 4.93. The van der Waals surface area contributed by atoms with E-state index in [0.717, 1.165) is 5.56 Å². The second-order valence-corrected chi connectivity index (χ2v) is 7.26. The van der Waals surface area contributed by atoms with Crippen molar-refractivity contribution in [3.05, 3.63) is 34.9 Å². The fourth-order valence-electron chi connectivity index (χ4n) is 3.00. The zero-order valence-corrected chi connectivity index (χ0v) is 15.7. The number of rotatable bonds is 9. The molecule has 0 aliphatic carbocycles. The lowest BCUT2D eigenvalue weighted by Gasteiger charge is -2.35. The van der Waals surface area contributed by atoms with Crippen molar-refractivity contribution in [1.82, 2.24) is 0 Å². The topological polar surface area (TPSA) is 63.6 Å². The number of benzene rings is 1. The quantitative estimate of drug-likeness (QED) is 0.541. The van der Waals surface area contributed by atoms with Gasteiger partial charge in [0, 0.05) is 10.4 Å². The minimum absolute atomic E-state index is 0.264. The van der Waals surface area contributed by atoms with Crippen molar-refractivity contribution in [2.24, 2.45) is 10.8 Å². The zero-order valence-electron chi connectivity index (χ0n) is 14.9. The molecule has 5 heteroatoms. The molecule has 0 saturated heterocycles. The Kier molecular flexibility index (Phi) is 7.43. The molecule has 0 aliphatic rings. The fraction of sp³-hybridized carbons (Fsp3) is 0.579. The van der Waals surface area contributed by atoms with E-state index in [-0.39, 0.29) is 12.4 Å². The maximum absolute atomic E-state index is 13.1. The lowest BCUT2D eigenvalue weighted by Crippen LogP contribution is -2.48. The molecule has 0 saturated carbocycles. The Balaban J connectivity index is 3.17.